The molecular weight excluding hydrogens is 216 g/mol. The molecule has 17 heavy (non-hydrogen) atoms. The van der Waals surface area contributed by atoms with Crippen LogP contribution >= 0.6 is 0 Å². The van der Waals surface area contributed by atoms with Gasteiger partial charge in [-0.2, -0.15) is 0 Å². The highest BCUT2D eigenvalue weighted by Crippen LogP contribution is 2.49. The molecule has 2 unspecified atom stereocenters. The number of nitrogens with one attached hydrogen (secondary N) is 1. The fourth-order valence-electron chi connectivity index (χ4n) is 3.11. The number of nitrogens with zero attached hydrogens (tertiary/aromatic N) is 1. The number of benzene rings is 1. The van der Waals surface area contributed by atoms with Gasteiger partial charge in [-0.15, -0.1) is 0 Å². The van der Waals surface area contributed by atoms with Crippen LogP contribution in [0.15, 0.2) is 18.2 Å². The highest BCUT2D eigenvalue weighted by molar-refractivity contribution is 5.65. The number of ether oxygens (including phenoxy) is 1. The van der Waals surface area contributed by atoms with Crippen LogP contribution in [-0.4, -0.2) is 37.9 Å². The Hall–Kier alpha value is -1.26. The van der Waals surface area contributed by atoms with Crippen LogP contribution in [0.1, 0.15) is 18.1 Å². The third-order valence-corrected chi connectivity index (χ3v) is 4.23. The molecule has 1 aromatic carbocycles. The van der Waals surface area contributed by atoms with Crippen molar-refractivity contribution in [2.75, 3.05) is 32.1 Å². The number of aliphatic hydroxyl groups excluding tert-OH is 1. The van der Waals surface area contributed by atoms with E-state index in [2.05, 4.69) is 17.3 Å². The molecule has 2 N–H and O–H groups in total. The number of rotatable bonds is 1. The van der Waals surface area contributed by atoms with E-state index in [4.69, 9.17) is 4.74 Å². The highest BCUT2D eigenvalue weighted by atomic mass is 16.5. The minimum Gasteiger partial charge on any atom is -0.497 e. The summed E-state index contributed by atoms with van der Waals surface area (Å²) in [7, 11) is 3.72. The molecule has 1 spiro atoms. The second kappa shape index (κ2) is 3.62. The Balaban J connectivity index is 2.08. The lowest BCUT2D eigenvalue weighted by Crippen LogP contribution is -2.48. The number of likely N-dealkylation sites (N-methyl/N-ethyl adjacent to an activating group) is 1. The van der Waals surface area contributed by atoms with Gasteiger partial charge < -0.3 is 20.1 Å². The second-order valence-corrected chi connectivity index (χ2v) is 4.92. The van der Waals surface area contributed by atoms with Gasteiger partial charge in [-0.3, -0.25) is 0 Å². The lowest BCUT2D eigenvalue weighted by molar-refractivity contribution is 0.105. The van der Waals surface area contributed by atoms with Gasteiger partial charge in [0.15, 0.2) is 0 Å². The van der Waals surface area contributed by atoms with Crippen molar-refractivity contribution in [2.24, 2.45) is 0 Å². The Kier molecular flexibility index (Phi) is 2.31. The van der Waals surface area contributed by atoms with E-state index >= 15 is 0 Å². The van der Waals surface area contributed by atoms with Crippen molar-refractivity contribution < 1.29 is 9.84 Å². The molecule has 4 heteroatoms. The fraction of sp³-hybridized carbons (Fsp3) is 0.538. The van der Waals surface area contributed by atoms with Crippen LogP contribution in [0.4, 0.5) is 5.69 Å². The monoisotopic (exact) mass is 234 g/mol. The second-order valence-electron chi connectivity index (χ2n) is 4.92. The molecule has 3 rings (SSSR count). The smallest absolute Gasteiger partial charge is 0.119 e. The lowest BCUT2D eigenvalue weighted by atomic mass is 9.90. The first-order valence-electron chi connectivity index (χ1n) is 5.99. The first kappa shape index (κ1) is 10.9. The standard InChI is InChI=1S/C13H18N2O2/c1-15-11-4-3-9(17-2)7-10(11)12(16)13(15)5-6-14-8-13/h3-4,7,12,14,16H,5-6,8H2,1-2H3. The summed E-state index contributed by atoms with van der Waals surface area (Å²) in [5.41, 5.74) is 1.92. The molecule has 0 radical (unpaired) electrons. The van der Waals surface area contributed by atoms with Crippen molar-refractivity contribution in [1.82, 2.24) is 5.32 Å². The zero-order chi connectivity index (χ0) is 12.0. The minimum atomic E-state index is -0.437. The molecule has 1 fully saturated rings. The van der Waals surface area contributed by atoms with Crippen LogP contribution in [0.25, 0.3) is 0 Å². The first-order chi connectivity index (χ1) is 8.19. The summed E-state index contributed by atoms with van der Waals surface area (Å²) >= 11 is 0. The third kappa shape index (κ3) is 1.31. The summed E-state index contributed by atoms with van der Waals surface area (Å²) in [4.78, 5) is 2.21. The van der Waals surface area contributed by atoms with Crippen LogP contribution in [0.2, 0.25) is 0 Å². The molecule has 0 aliphatic carbocycles. The van der Waals surface area contributed by atoms with E-state index in [-0.39, 0.29) is 5.54 Å². The summed E-state index contributed by atoms with van der Waals surface area (Å²) in [5, 5.41) is 13.9. The van der Waals surface area contributed by atoms with Crippen molar-refractivity contribution >= 4 is 5.69 Å². The number of anilines is 1. The van der Waals surface area contributed by atoms with Gasteiger partial charge in [-0.25, -0.2) is 0 Å². The van der Waals surface area contributed by atoms with Gasteiger partial charge >= 0.3 is 0 Å². The van der Waals surface area contributed by atoms with Crippen molar-refractivity contribution in [3.63, 3.8) is 0 Å². The van der Waals surface area contributed by atoms with E-state index in [1.807, 2.05) is 18.2 Å². The maximum absolute atomic E-state index is 10.6. The number of hydrogen-bond acceptors (Lipinski definition) is 4. The van der Waals surface area contributed by atoms with E-state index in [1.54, 1.807) is 7.11 Å². The van der Waals surface area contributed by atoms with Crippen LogP contribution in [0.5, 0.6) is 5.75 Å². The SMILES string of the molecule is COc1ccc2c(c1)C(O)C1(CCNC1)N2C. The summed E-state index contributed by atoms with van der Waals surface area (Å²) < 4.78 is 5.23. The number of fused-ring (bicyclic) bond motifs is 1. The predicted octanol–water partition coefficient (Wildman–Crippen LogP) is 0.910. The molecular formula is C13H18N2O2. The molecule has 0 bridgehead atoms. The summed E-state index contributed by atoms with van der Waals surface area (Å²) in [6.45, 7) is 1.80. The molecule has 92 valence electrons. The molecule has 0 aromatic heterocycles. The Bertz CT molecular complexity index is 441. The molecule has 1 aromatic rings. The number of methoxy groups -OCH3 is 1. The number of aliphatic hydroxyl groups is 1. The summed E-state index contributed by atoms with van der Waals surface area (Å²) in [6.07, 6.45) is 0.536. The van der Waals surface area contributed by atoms with Gasteiger partial charge in [0.25, 0.3) is 0 Å². The van der Waals surface area contributed by atoms with Gasteiger partial charge in [0, 0.05) is 24.8 Å². The van der Waals surface area contributed by atoms with Crippen molar-refractivity contribution in [3.8, 4) is 5.75 Å². The van der Waals surface area contributed by atoms with Crippen molar-refractivity contribution in [1.29, 1.82) is 0 Å². The van der Waals surface area contributed by atoms with E-state index in [1.165, 1.54) is 0 Å². The molecule has 0 amide bonds. The number of hydrogen-bond donors (Lipinski definition) is 2. The Labute approximate surface area is 101 Å². The normalized spacial score (nSPS) is 31.0. The Morgan fingerprint density at radius 3 is 3.00 bits per heavy atom. The quantitative estimate of drug-likeness (QED) is 0.758. The molecule has 2 aliphatic rings. The van der Waals surface area contributed by atoms with Crippen LogP contribution in [-0.2, 0) is 0 Å². The van der Waals surface area contributed by atoms with Crippen molar-refractivity contribution in [2.45, 2.75) is 18.1 Å². The maximum Gasteiger partial charge on any atom is 0.119 e. The molecule has 2 atom stereocenters. The average molecular weight is 234 g/mol. The van der Waals surface area contributed by atoms with Gasteiger partial charge in [0.1, 0.15) is 11.9 Å². The van der Waals surface area contributed by atoms with Crippen LogP contribution in [0, 0.1) is 0 Å². The molecule has 0 saturated carbocycles. The average Bonchev–Trinajstić information content (AvgIpc) is 2.92. The van der Waals surface area contributed by atoms with Gasteiger partial charge in [0.2, 0.25) is 0 Å². The third-order valence-electron chi connectivity index (χ3n) is 4.23. The van der Waals surface area contributed by atoms with Crippen molar-refractivity contribution in [3.05, 3.63) is 23.8 Å². The summed E-state index contributed by atoms with van der Waals surface area (Å²) in [5.74, 6) is 0.805. The van der Waals surface area contributed by atoms with E-state index < -0.39 is 6.10 Å². The predicted molar refractivity (Wildman–Crippen MR) is 66.6 cm³/mol. The lowest BCUT2D eigenvalue weighted by Gasteiger charge is -2.35. The van der Waals surface area contributed by atoms with Crippen LogP contribution < -0.4 is 15.0 Å². The first-order valence-corrected chi connectivity index (χ1v) is 5.99. The minimum absolute atomic E-state index is 0.172. The van der Waals surface area contributed by atoms with Gasteiger partial charge in [-0.1, -0.05) is 0 Å². The summed E-state index contributed by atoms with van der Waals surface area (Å²) in [6, 6.07) is 5.93. The van der Waals surface area contributed by atoms with Gasteiger partial charge in [-0.05, 0) is 31.2 Å². The molecule has 2 aliphatic heterocycles. The maximum atomic E-state index is 10.6. The van der Waals surface area contributed by atoms with E-state index in [9.17, 15) is 5.11 Å². The molecule has 4 nitrogen and oxygen atoms in total. The zero-order valence-electron chi connectivity index (χ0n) is 10.2. The van der Waals surface area contributed by atoms with E-state index in [0.717, 1.165) is 36.5 Å². The van der Waals surface area contributed by atoms with Gasteiger partial charge in [0.05, 0.1) is 12.6 Å². The largest absolute Gasteiger partial charge is 0.497 e. The van der Waals surface area contributed by atoms with Crippen LogP contribution in [0.3, 0.4) is 0 Å². The fourth-order valence-corrected chi connectivity index (χ4v) is 3.11. The molecule has 1 saturated heterocycles. The van der Waals surface area contributed by atoms with E-state index in [0.29, 0.717) is 0 Å². The topological polar surface area (TPSA) is 44.7 Å². The molecule has 2 heterocycles. The Morgan fingerprint density at radius 2 is 2.35 bits per heavy atom. The zero-order valence-corrected chi connectivity index (χ0v) is 10.2. The highest BCUT2D eigenvalue weighted by Gasteiger charge is 2.51. The Morgan fingerprint density at radius 1 is 1.53 bits per heavy atom.